The van der Waals surface area contributed by atoms with Crippen LogP contribution >= 0.6 is 0 Å². The summed E-state index contributed by atoms with van der Waals surface area (Å²) in [6.07, 6.45) is 0. The van der Waals surface area contributed by atoms with Gasteiger partial charge in [-0.15, -0.1) is 0 Å². The minimum absolute atomic E-state index is 0.124. The van der Waals surface area contributed by atoms with Crippen LogP contribution in [0.5, 0.6) is 0 Å². The van der Waals surface area contributed by atoms with E-state index in [0.717, 1.165) is 44.4 Å². The third kappa shape index (κ3) is 5.41. The molecular weight excluding hydrogens is 705 g/mol. The summed E-state index contributed by atoms with van der Waals surface area (Å²) in [5.41, 5.74) is 15.9. The van der Waals surface area contributed by atoms with E-state index in [0.29, 0.717) is 17.5 Å². The molecular formula is C54H38N4. The molecule has 8 aromatic carbocycles. The quantitative estimate of drug-likeness (QED) is 0.170. The van der Waals surface area contributed by atoms with Gasteiger partial charge >= 0.3 is 0 Å². The molecule has 0 saturated carbocycles. The molecule has 2 aromatic heterocycles. The normalized spacial score (nSPS) is 12.8. The number of fused-ring (bicyclic) bond motifs is 6. The first-order chi connectivity index (χ1) is 28.5. The van der Waals surface area contributed by atoms with Crippen LogP contribution in [0.2, 0.25) is 0 Å². The van der Waals surface area contributed by atoms with Gasteiger partial charge in [-0.25, -0.2) is 15.0 Å². The van der Waals surface area contributed by atoms with Crippen LogP contribution in [0.3, 0.4) is 0 Å². The molecule has 0 N–H and O–H groups in total. The van der Waals surface area contributed by atoms with Crippen molar-refractivity contribution in [3.8, 4) is 73.2 Å². The molecule has 0 unspecified atom stereocenters. The van der Waals surface area contributed by atoms with Crippen LogP contribution in [-0.2, 0) is 5.41 Å². The second kappa shape index (κ2) is 13.4. The van der Waals surface area contributed by atoms with Crippen LogP contribution in [0, 0.1) is 0 Å². The number of benzene rings is 8. The van der Waals surface area contributed by atoms with Crippen LogP contribution in [-0.4, -0.2) is 19.5 Å². The Hall–Kier alpha value is -7.43. The van der Waals surface area contributed by atoms with Crippen LogP contribution in [0.25, 0.3) is 95.0 Å². The van der Waals surface area contributed by atoms with Crippen LogP contribution in [0.1, 0.15) is 25.0 Å². The Morgan fingerprint density at radius 2 is 0.897 bits per heavy atom. The molecule has 2 heterocycles. The Balaban J connectivity index is 1.20. The molecule has 0 aliphatic heterocycles. The lowest BCUT2D eigenvalue weighted by Crippen LogP contribution is -2.15. The molecule has 1 aliphatic rings. The second-order valence-corrected chi connectivity index (χ2v) is 15.6. The van der Waals surface area contributed by atoms with Crippen molar-refractivity contribution < 1.29 is 0 Å². The molecule has 0 bridgehead atoms. The molecule has 0 amide bonds. The Kier molecular flexibility index (Phi) is 7.80. The number of rotatable bonds is 6. The Morgan fingerprint density at radius 3 is 1.62 bits per heavy atom. The maximum absolute atomic E-state index is 5.33. The molecule has 0 fully saturated rings. The van der Waals surface area contributed by atoms with E-state index in [1.54, 1.807) is 0 Å². The van der Waals surface area contributed by atoms with Crippen molar-refractivity contribution in [1.82, 2.24) is 19.5 Å². The van der Waals surface area contributed by atoms with Crippen LogP contribution in [0.15, 0.2) is 194 Å². The molecule has 58 heavy (non-hydrogen) atoms. The smallest absolute Gasteiger partial charge is 0.164 e. The summed E-state index contributed by atoms with van der Waals surface area (Å²) in [5, 5.41) is 2.37. The largest absolute Gasteiger partial charge is 0.309 e. The highest BCUT2D eigenvalue weighted by Crippen LogP contribution is 2.52. The lowest BCUT2D eigenvalue weighted by Gasteiger charge is -2.22. The fraction of sp³-hybridized carbons (Fsp3) is 0.0556. The van der Waals surface area contributed by atoms with Crippen LogP contribution in [0.4, 0.5) is 0 Å². The first-order valence-electron chi connectivity index (χ1n) is 19.9. The number of hydrogen-bond donors (Lipinski definition) is 0. The Labute approximate surface area is 337 Å². The maximum Gasteiger partial charge on any atom is 0.164 e. The monoisotopic (exact) mass is 742 g/mol. The second-order valence-electron chi connectivity index (χ2n) is 15.6. The zero-order valence-corrected chi connectivity index (χ0v) is 32.3. The molecule has 274 valence electrons. The SMILES string of the molecule is CC1(C)c2ccccc2-c2c(-n3c4ccccc4c4cc(-c5ccccc5)c(-c5nc(-c6ccccc6)nc(-c6ccc(-c7ccccc7)cc6)n5)cc43)cccc21. The van der Waals surface area contributed by atoms with Gasteiger partial charge in [-0.05, 0) is 63.2 Å². The van der Waals surface area contributed by atoms with Crippen molar-refractivity contribution >= 4 is 21.8 Å². The van der Waals surface area contributed by atoms with Gasteiger partial charge in [-0.1, -0.05) is 184 Å². The fourth-order valence-corrected chi connectivity index (χ4v) is 9.02. The van der Waals surface area contributed by atoms with E-state index in [4.69, 9.17) is 15.0 Å². The number of para-hydroxylation sites is 1. The Morgan fingerprint density at radius 1 is 0.362 bits per heavy atom. The van der Waals surface area contributed by atoms with Crippen molar-refractivity contribution in [3.05, 3.63) is 205 Å². The van der Waals surface area contributed by atoms with E-state index in [-0.39, 0.29) is 5.41 Å². The highest BCUT2D eigenvalue weighted by molar-refractivity contribution is 6.13. The first-order valence-corrected chi connectivity index (χ1v) is 19.9. The van der Waals surface area contributed by atoms with Gasteiger partial charge in [-0.3, -0.25) is 0 Å². The van der Waals surface area contributed by atoms with Gasteiger partial charge in [-0.2, -0.15) is 0 Å². The minimum atomic E-state index is -0.124. The fourth-order valence-electron chi connectivity index (χ4n) is 9.02. The lowest BCUT2D eigenvalue weighted by molar-refractivity contribution is 0.660. The van der Waals surface area contributed by atoms with Gasteiger partial charge in [0.1, 0.15) is 0 Å². The third-order valence-electron chi connectivity index (χ3n) is 11.9. The first kappa shape index (κ1) is 33.9. The predicted octanol–water partition coefficient (Wildman–Crippen LogP) is 13.6. The summed E-state index contributed by atoms with van der Waals surface area (Å²) in [6.45, 7) is 4.69. The summed E-state index contributed by atoms with van der Waals surface area (Å²) in [4.78, 5) is 15.7. The van der Waals surface area contributed by atoms with E-state index >= 15 is 0 Å². The van der Waals surface area contributed by atoms with Gasteiger partial charge in [0.05, 0.1) is 16.7 Å². The van der Waals surface area contributed by atoms with Crippen LogP contribution < -0.4 is 0 Å². The predicted molar refractivity (Wildman–Crippen MR) is 239 cm³/mol. The van der Waals surface area contributed by atoms with E-state index in [1.807, 2.05) is 24.3 Å². The zero-order chi connectivity index (χ0) is 38.8. The highest BCUT2D eigenvalue weighted by atomic mass is 15.0. The number of hydrogen-bond acceptors (Lipinski definition) is 3. The summed E-state index contributed by atoms with van der Waals surface area (Å²) < 4.78 is 2.46. The minimum Gasteiger partial charge on any atom is -0.309 e. The van der Waals surface area contributed by atoms with Crippen molar-refractivity contribution in [2.24, 2.45) is 0 Å². The van der Waals surface area contributed by atoms with Gasteiger partial charge in [0.2, 0.25) is 0 Å². The number of nitrogens with zero attached hydrogens (tertiary/aromatic N) is 4. The lowest BCUT2D eigenvalue weighted by atomic mass is 9.82. The van der Waals surface area contributed by atoms with E-state index < -0.39 is 0 Å². The molecule has 0 atom stereocenters. The summed E-state index contributed by atoms with van der Waals surface area (Å²) in [5.74, 6) is 1.88. The van der Waals surface area contributed by atoms with Gasteiger partial charge < -0.3 is 4.57 Å². The highest BCUT2D eigenvalue weighted by Gasteiger charge is 2.37. The van der Waals surface area contributed by atoms with Crippen molar-refractivity contribution in [3.63, 3.8) is 0 Å². The molecule has 0 saturated heterocycles. The average Bonchev–Trinajstić information content (AvgIpc) is 3.74. The standard InChI is InChI=1S/C54H38N4/c1-54(2)45-25-14-12-24-41(45)50-46(54)26-16-28-48(50)58-47-27-15-13-23-40(47)43-33-42(37-19-8-4-9-20-37)44(34-49(43)58)53-56-51(38-21-10-5-11-22-38)55-52(57-53)39-31-29-36(30-32-39)35-17-6-3-7-18-35/h3-34H,1-2H3. The van der Waals surface area contributed by atoms with Gasteiger partial charge in [0, 0.05) is 38.4 Å². The van der Waals surface area contributed by atoms with E-state index in [1.165, 1.54) is 44.3 Å². The van der Waals surface area contributed by atoms with E-state index in [9.17, 15) is 0 Å². The molecule has 10 aromatic rings. The van der Waals surface area contributed by atoms with Crippen molar-refractivity contribution in [2.45, 2.75) is 19.3 Å². The number of aromatic nitrogens is 4. The van der Waals surface area contributed by atoms with Crippen molar-refractivity contribution in [1.29, 1.82) is 0 Å². The molecule has 0 spiro atoms. The molecule has 11 rings (SSSR count). The summed E-state index contributed by atoms with van der Waals surface area (Å²) in [6, 6.07) is 68.9. The van der Waals surface area contributed by atoms with E-state index in [2.05, 4.69) is 188 Å². The van der Waals surface area contributed by atoms with Crippen molar-refractivity contribution in [2.75, 3.05) is 0 Å². The molecule has 0 radical (unpaired) electrons. The van der Waals surface area contributed by atoms with Gasteiger partial charge in [0.25, 0.3) is 0 Å². The molecule has 4 heteroatoms. The molecule has 4 nitrogen and oxygen atoms in total. The topological polar surface area (TPSA) is 43.6 Å². The zero-order valence-electron chi connectivity index (χ0n) is 32.3. The Bertz CT molecular complexity index is 3160. The van der Waals surface area contributed by atoms with Gasteiger partial charge in [0.15, 0.2) is 17.5 Å². The maximum atomic E-state index is 5.33. The average molecular weight is 743 g/mol. The summed E-state index contributed by atoms with van der Waals surface area (Å²) >= 11 is 0. The molecule has 1 aliphatic carbocycles. The third-order valence-corrected chi connectivity index (χ3v) is 11.9. The summed E-state index contributed by atoms with van der Waals surface area (Å²) in [7, 11) is 0.